The number of carbonyl (C=O) groups is 1. The molecule has 2 unspecified atom stereocenters. The molecule has 29 heavy (non-hydrogen) atoms. The highest BCUT2D eigenvalue weighted by Crippen LogP contribution is 2.32. The number of H-pyrrole nitrogens is 1. The lowest BCUT2D eigenvalue weighted by Crippen LogP contribution is -2.45. The van der Waals surface area contributed by atoms with Crippen LogP contribution in [-0.4, -0.2) is 43.8 Å². The first-order valence-corrected chi connectivity index (χ1v) is 10.0. The van der Waals surface area contributed by atoms with Crippen molar-refractivity contribution in [1.82, 2.24) is 25.4 Å². The number of fused-ring (bicyclic) bond motifs is 1. The van der Waals surface area contributed by atoms with Crippen LogP contribution in [0.5, 0.6) is 5.75 Å². The van der Waals surface area contributed by atoms with Crippen LogP contribution in [0.4, 0.5) is 4.79 Å². The first-order chi connectivity index (χ1) is 14.2. The molecule has 1 fully saturated rings. The third-order valence-corrected chi connectivity index (χ3v) is 5.86. The summed E-state index contributed by atoms with van der Waals surface area (Å²) in [5.74, 6) is 1.69. The van der Waals surface area contributed by atoms with E-state index in [0.717, 1.165) is 41.8 Å². The maximum absolute atomic E-state index is 13.0. The van der Waals surface area contributed by atoms with Crippen molar-refractivity contribution in [3.05, 3.63) is 65.5 Å². The number of nitrogens with zero attached hydrogens (tertiary/aromatic N) is 3. The molecule has 2 aliphatic rings. The van der Waals surface area contributed by atoms with E-state index in [1.165, 1.54) is 0 Å². The van der Waals surface area contributed by atoms with Crippen molar-refractivity contribution in [2.24, 2.45) is 0 Å². The van der Waals surface area contributed by atoms with Gasteiger partial charge < -0.3 is 15.3 Å². The van der Waals surface area contributed by atoms with Crippen molar-refractivity contribution in [2.45, 2.75) is 37.8 Å². The summed E-state index contributed by atoms with van der Waals surface area (Å²) < 4.78 is 0. The minimum atomic E-state index is -0.0999. The van der Waals surface area contributed by atoms with Gasteiger partial charge in [-0.1, -0.05) is 42.5 Å². The molecule has 3 N–H and O–H groups in total. The summed E-state index contributed by atoms with van der Waals surface area (Å²) in [5.41, 5.74) is 3.00. The lowest BCUT2D eigenvalue weighted by molar-refractivity contribution is 0.187. The predicted molar refractivity (Wildman–Crippen MR) is 108 cm³/mol. The Balaban J connectivity index is 1.28. The molecule has 0 spiro atoms. The molecule has 7 heteroatoms. The number of phenolic OH excluding ortho intramolecular Hbond substituents is 1. The normalized spacial score (nSPS) is 20.6. The smallest absolute Gasteiger partial charge is 0.318 e. The number of aromatic hydroxyl groups is 1. The topological polar surface area (TPSA) is 94.1 Å². The van der Waals surface area contributed by atoms with Crippen molar-refractivity contribution >= 4 is 6.03 Å². The quantitative estimate of drug-likeness (QED) is 0.641. The Kier molecular flexibility index (Phi) is 4.42. The molecule has 0 radical (unpaired) electrons. The Morgan fingerprint density at radius 2 is 2.00 bits per heavy atom. The number of nitrogens with one attached hydrogen (secondary N) is 2. The zero-order valence-electron chi connectivity index (χ0n) is 16.0. The lowest BCUT2D eigenvalue weighted by atomic mass is 10.1. The number of hydrogen-bond donors (Lipinski definition) is 3. The van der Waals surface area contributed by atoms with Gasteiger partial charge in [-0.15, -0.1) is 0 Å². The van der Waals surface area contributed by atoms with Crippen LogP contribution in [0.2, 0.25) is 0 Å². The molecular weight excluding hydrogens is 366 g/mol. The van der Waals surface area contributed by atoms with Crippen LogP contribution in [0.1, 0.15) is 35.8 Å². The Morgan fingerprint density at radius 1 is 1.14 bits per heavy atom. The standard InChI is InChI=1S/C22H23N5O2/c28-19-10-4-8-15-12-16(13-17(15)19)23-22(29)27-11-5-9-18(27)21-24-20(25-26-21)14-6-2-1-3-7-14/h1-4,6-8,10,16,18,28H,5,9,11-13H2,(H,23,29)(H,24,25,26). The second-order valence-corrected chi connectivity index (χ2v) is 7.73. The van der Waals surface area contributed by atoms with Crippen LogP contribution in [0.25, 0.3) is 11.4 Å². The minimum absolute atomic E-state index is 0.00153. The molecule has 1 aromatic heterocycles. The molecule has 2 amide bonds. The summed E-state index contributed by atoms with van der Waals surface area (Å²) in [6, 6.07) is 15.2. The van der Waals surface area contributed by atoms with Gasteiger partial charge in [-0.05, 0) is 42.9 Å². The molecule has 2 aromatic carbocycles. The van der Waals surface area contributed by atoms with Crippen LogP contribution >= 0.6 is 0 Å². The third kappa shape index (κ3) is 3.33. The fourth-order valence-electron chi connectivity index (χ4n) is 4.43. The molecular formula is C22H23N5O2. The summed E-state index contributed by atoms with van der Waals surface area (Å²) in [5, 5.41) is 20.6. The van der Waals surface area contributed by atoms with Gasteiger partial charge in [0, 0.05) is 18.2 Å². The highest BCUT2D eigenvalue weighted by Gasteiger charge is 2.34. The number of phenols is 1. The molecule has 2 heterocycles. The predicted octanol–water partition coefficient (Wildman–Crippen LogP) is 3.19. The van der Waals surface area contributed by atoms with Crippen molar-refractivity contribution in [2.75, 3.05) is 6.54 Å². The molecule has 0 saturated carbocycles. The molecule has 1 saturated heterocycles. The monoisotopic (exact) mass is 389 g/mol. The first kappa shape index (κ1) is 17.7. The zero-order chi connectivity index (χ0) is 19.8. The van der Waals surface area contributed by atoms with Gasteiger partial charge in [0.2, 0.25) is 0 Å². The van der Waals surface area contributed by atoms with E-state index in [0.29, 0.717) is 24.5 Å². The van der Waals surface area contributed by atoms with E-state index in [9.17, 15) is 9.90 Å². The number of aromatic nitrogens is 3. The largest absolute Gasteiger partial charge is 0.508 e. The van der Waals surface area contributed by atoms with Crippen molar-refractivity contribution in [1.29, 1.82) is 0 Å². The van der Waals surface area contributed by atoms with Gasteiger partial charge in [0.05, 0.1) is 6.04 Å². The van der Waals surface area contributed by atoms with Crippen molar-refractivity contribution in [3.8, 4) is 17.1 Å². The summed E-state index contributed by atoms with van der Waals surface area (Å²) in [6.45, 7) is 0.697. The highest BCUT2D eigenvalue weighted by molar-refractivity contribution is 5.75. The molecule has 0 bridgehead atoms. The van der Waals surface area contributed by atoms with Gasteiger partial charge in [-0.2, -0.15) is 5.10 Å². The number of likely N-dealkylation sites (tertiary alicyclic amines) is 1. The van der Waals surface area contributed by atoms with Gasteiger partial charge in [0.1, 0.15) is 11.6 Å². The second-order valence-electron chi connectivity index (χ2n) is 7.73. The van der Waals surface area contributed by atoms with E-state index in [4.69, 9.17) is 0 Å². The Hall–Kier alpha value is -3.35. The van der Waals surface area contributed by atoms with Gasteiger partial charge in [-0.25, -0.2) is 9.78 Å². The SMILES string of the molecule is O=C(NC1Cc2cccc(O)c2C1)N1CCCC1c1nc(-c2ccccc2)n[nH]1. The fraction of sp³-hybridized carbons (Fsp3) is 0.318. The van der Waals surface area contributed by atoms with Crippen LogP contribution in [0.15, 0.2) is 48.5 Å². The Morgan fingerprint density at radius 3 is 2.83 bits per heavy atom. The number of amides is 2. The Bertz CT molecular complexity index is 1030. The Labute approximate surface area is 168 Å². The van der Waals surface area contributed by atoms with E-state index < -0.39 is 0 Å². The van der Waals surface area contributed by atoms with Crippen LogP contribution in [-0.2, 0) is 12.8 Å². The van der Waals surface area contributed by atoms with Crippen molar-refractivity contribution < 1.29 is 9.90 Å². The third-order valence-electron chi connectivity index (χ3n) is 5.86. The van der Waals surface area contributed by atoms with Gasteiger partial charge in [-0.3, -0.25) is 5.10 Å². The van der Waals surface area contributed by atoms with E-state index in [2.05, 4.69) is 20.5 Å². The van der Waals surface area contributed by atoms with Crippen LogP contribution in [0.3, 0.4) is 0 Å². The van der Waals surface area contributed by atoms with E-state index in [1.54, 1.807) is 6.07 Å². The van der Waals surface area contributed by atoms with E-state index in [-0.39, 0.29) is 18.1 Å². The van der Waals surface area contributed by atoms with E-state index in [1.807, 2.05) is 47.4 Å². The maximum Gasteiger partial charge on any atom is 0.318 e. The fourth-order valence-corrected chi connectivity index (χ4v) is 4.43. The average Bonchev–Trinajstić information content (AvgIpc) is 3.47. The molecule has 2 atom stereocenters. The molecule has 5 rings (SSSR count). The molecule has 148 valence electrons. The van der Waals surface area contributed by atoms with E-state index >= 15 is 0 Å². The van der Waals surface area contributed by atoms with Gasteiger partial charge in [0.25, 0.3) is 0 Å². The minimum Gasteiger partial charge on any atom is -0.508 e. The number of aromatic amines is 1. The van der Waals surface area contributed by atoms with Gasteiger partial charge >= 0.3 is 6.03 Å². The number of hydrogen-bond acceptors (Lipinski definition) is 4. The number of benzene rings is 2. The summed E-state index contributed by atoms with van der Waals surface area (Å²) in [6.07, 6.45) is 3.20. The first-order valence-electron chi connectivity index (χ1n) is 10.0. The lowest BCUT2D eigenvalue weighted by Gasteiger charge is -2.25. The van der Waals surface area contributed by atoms with Gasteiger partial charge in [0.15, 0.2) is 5.82 Å². The maximum atomic E-state index is 13.0. The average molecular weight is 389 g/mol. The zero-order valence-corrected chi connectivity index (χ0v) is 16.0. The second kappa shape index (κ2) is 7.24. The molecule has 1 aliphatic carbocycles. The van der Waals surface area contributed by atoms with Crippen LogP contribution < -0.4 is 5.32 Å². The van der Waals surface area contributed by atoms with Crippen LogP contribution in [0, 0.1) is 0 Å². The summed E-state index contributed by atoms with van der Waals surface area (Å²) >= 11 is 0. The molecule has 3 aromatic rings. The number of urea groups is 1. The number of carbonyl (C=O) groups excluding carboxylic acids is 1. The summed E-state index contributed by atoms with van der Waals surface area (Å²) in [7, 11) is 0. The molecule has 1 aliphatic heterocycles. The number of rotatable bonds is 3. The molecule has 7 nitrogen and oxygen atoms in total. The van der Waals surface area contributed by atoms with Crippen molar-refractivity contribution in [3.63, 3.8) is 0 Å². The highest BCUT2D eigenvalue weighted by atomic mass is 16.3. The summed E-state index contributed by atoms with van der Waals surface area (Å²) in [4.78, 5) is 19.5.